The van der Waals surface area contributed by atoms with Gasteiger partial charge in [-0.2, -0.15) is 26.3 Å². The summed E-state index contributed by atoms with van der Waals surface area (Å²) in [5, 5.41) is 36.5. The second-order valence-electron chi connectivity index (χ2n) is 30.4. The number of carbonyl (C=O) groups is 1. The molecule has 8 nitrogen and oxygen atoms in total. The van der Waals surface area contributed by atoms with Gasteiger partial charge in [-0.15, -0.1) is 0 Å². The molecule has 0 saturated carbocycles. The predicted octanol–water partition coefficient (Wildman–Crippen LogP) is 26.6. The third kappa shape index (κ3) is 31.3. The van der Waals surface area contributed by atoms with E-state index in [0.717, 1.165) is 13.5 Å². The largest absolute Gasteiger partial charge is 0.505 e. The van der Waals surface area contributed by atoms with Gasteiger partial charge in [0.1, 0.15) is 11.5 Å². The number of rotatable bonds is 27. The van der Waals surface area contributed by atoms with Crippen molar-refractivity contribution in [2.75, 3.05) is 20.8 Å². The van der Waals surface area contributed by atoms with E-state index in [2.05, 4.69) is 424 Å². The summed E-state index contributed by atoms with van der Waals surface area (Å²) in [5.41, 5.74) is -3.12. The Morgan fingerprint density at radius 1 is 0.353 bits per heavy atom. The zero-order valence-corrected chi connectivity index (χ0v) is 85.1. The molecule has 133 heavy (non-hydrogen) atoms. The second kappa shape index (κ2) is 55.4. The number of aromatic nitrogens is 2. The van der Waals surface area contributed by atoms with Crippen molar-refractivity contribution in [3.8, 4) is 23.0 Å². The SMILES string of the molecule is C=[C](OCC)[Sn]([CH2]CCC)([CH2]CCC)[CH2]CCC.COc1ccc2nc(C(F)(F)F)c(O)c(Br)c2c1.COc1ccc2nc(C(F)(F)F)c(O)c(C(C)=O)c2c1.[Pd].c1ccc(P(c2ccccc2)c2ccccc2)cc1.c1ccc(P(c2ccccc2)c2ccccc2)cc1.c1ccc(P(c2ccccc2)c2ccccc2)cc1.c1ccc(P(c2ccccc2)c2ccccc2)cc1. The maximum atomic E-state index is 12.8. The number of Topliss-reactive ketones (excluding diaryl/α,β-unsaturated/α-hetero) is 1. The molecule has 0 radical (unpaired) electrons. The summed E-state index contributed by atoms with van der Waals surface area (Å²) < 4.78 is 97.7. The van der Waals surface area contributed by atoms with Gasteiger partial charge in [0.2, 0.25) is 0 Å². The molecule has 2 N–H and O–H groups in total. The molecular weight excluding hydrogens is 2010 g/mol. The van der Waals surface area contributed by atoms with Crippen LogP contribution < -0.4 is 73.1 Å². The molecule has 14 aromatic carbocycles. The first kappa shape index (κ1) is 106. The molecule has 0 spiro atoms. The van der Waals surface area contributed by atoms with Crippen LogP contribution in [0.3, 0.4) is 0 Å². The minimum atomic E-state index is -4.84. The number of methoxy groups -OCH3 is 2. The fraction of sp³-hybridized carbons (Fsp3) is 0.170. The summed E-state index contributed by atoms with van der Waals surface area (Å²) >= 11 is 0.699. The Morgan fingerprint density at radius 2 is 0.564 bits per heavy atom. The van der Waals surface area contributed by atoms with E-state index in [4.69, 9.17) is 14.2 Å². The van der Waals surface area contributed by atoms with Crippen LogP contribution in [0.4, 0.5) is 26.3 Å². The van der Waals surface area contributed by atoms with Crippen molar-refractivity contribution in [1.82, 2.24) is 9.97 Å². The van der Waals surface area contributed by atoms with Crippen LogP contribution in [0.15, 0.2) is 415 Å². The molecule has 16 aromatic rings. The molecule has 0 aliphatic carbocycles. The van der Waals surface area contributed by atoms with E-state index in [1.165, 1.54) is 170 Å². The Hall–Kier alpha value is -10.4. The predicted molar refractivity (Wildman–Crippen MR) is 554 cm³/mol. The van der Waals surface area contributed by atoms with Crippen LogP contribution >= 0.6 is 47.6 Å². The third-order valence-electron chi connectivity index (χ3n) is 21.3. The average molecular weight is 2120 g/mol. The number of unbranched alkanes of at least 4 members (excludes halogenated alkanes) is 3. The van der Waals surface area contributed by atoms with Crippen molar-refractivity contribution >= 4 is 157 Å². The second-order valence-corrected chi connectivity index (χ2v) is 53.3. The van der Waals surface area contributed by atoms with E-state index in [-0.39, 0.29) is 41.3 Å². The van der Waals surface area contributed by atoms with Gasteiger partial charge in [-0.25, -0.2) is 9.97 Å². The number of alkyl halides is 6. The molecule has 0 fully saturated rings. The number of ketones is 1. The first-order chi connectivity index (χ1) is 64.1. The van der Waals surface area contributed by atoms with E-state index in [1.54, 1.807) is 0 Å². The molecule has 0 unspecified atom stereocenters. The van der Waals surface area contributed by atoms with Crippen molar-refractivity contribution in [3.63, 3.8) is 0 Å². The average Bonchev–Trinajstić information content (AvgIpc) is 0.790. The molecule has 0 amide bonds. The van der Waals surface area contributed by atoms with Gasteiger partial charge in [-0.05, 0) is 155 Å². The van der Waals surface area contributed by atoms with Gasteiger partial charge in [-0.3, -0.25) is 4.79 Å². The van der Waals surface area contributed by atoms with Gasteiger partial charge < -0.3 is 19.7 Å². The fourth-order valence-corrected chi connectivity index (χ4v) is 39.2. The maximum absolute atomic E-state index is 12.8. The summed E-state index contributed by atoms with van der Waals surface area (Å²) in [6, 6.07) is 138. The molecule has 2 heterocycles. The topological polar surface area (TPSA) is 111 Å². The first-order valence-corrected chi connectivity index (χ1v) is 57.6. The number of benzene rings is 14. The van der Waals surface area contributed by atoms with Crippen LogP contribution in [0.2, 0.25) is 13.3 Å². The molecule has 0 saturated heterocycles. The number of fused-ring (bicyclic) bond motifs is 2. The van der Waals surface area contributed by atoms with Crippen molar-refractivity contribution < 1.29 is 76.0 Å². The van der Waals surface area contributed by atoms with E-state index in [1.807, 2.05) is 0 Å². The van der Waals surface area contributed by atoms with Crippen molar-refractivity contribution in [2.45, 2.75) is 98.8 Å². The Kier molecular flexibility index (Phi) is 44.3. The standard InChI is InChI=1S/4C18H15P.C13H10F3NO3.C11H7BrF3NO2.C4H7O.3C4H9.Pd.Sn/c4*1-4-10-16(11-5-1)19(17-12-6-2-7-13-17)18-14-8-3-9-15-18;1-6(18)10-8-5-7(20-2)3-4-9(8)17-12(11(10)19)13(14,15)16;1-18-5-2-3-7-6(4-5)8(12)9(17)10(16-7)11(13,14)15;1-3-5-4-2;3*1-3-4-2;;/h4*1-15H;3-5,19H,1-2H3;2-4,17H,1H3;1,4H2,2H3;3*1,3-4H2,2H3;;. The molecular formula is C112H111BrF6N2O6P4PdSn. The monoisotopic (exact) mass is 2120 g/mol. The number of halogens is 7. The minimum Gasteiger partial charge on any atom is -0.505 e. The van der Waals surface area contributed by atoms with Gasteiger partial charge in [-0.1, -0.05) is 364 Å². The summed E-state index contributed by atoms with van der Waals surface area (Å²) in [5.74, 6) is -1.97. The van der Waals surface area contributed by atoms with Gasteiger partial charge in [0, 0.05) is 31.2 Å². The van der Waals surface area contributed by atoms with Crippen LogP contribution in [-0.2, 0) is 37.5 Å². The molecule has 2 aromatic heterocycles. The van der Waals surface area contributed by atoms with Crippen LogP contribution in [-0.4, -0.2) is 65.2 Å². The zero-order valence-electron chi connectivity index (χ0n) is 75.6. The number of ether oxygens (including phenoxy) is 3. The molecule has 0 bridgehead atoms. The number of pyridine rings is 2. The normalized spacial score (nSPS) is 11.0. The van der Waals surface area contributed by atoms with Gasteiger partial charge in [0.05, 0.1) is 35.3 Å². The fourth-order valence-electron chi connectivity index (χ4n) is 14.8. The van der Waals surface area contributed by atoms with Gasteiger partial charge in [0.15, 0.2) is 28.7 Å². The summed E-state index contributed by atoms with van der Waals surface area (Å²) in [6.45, 7) is 15.2. The van der Waals surface area contributed by atoms with Gasteiger partial charge in [0.25, 0.3) is 0 Å². The number of carbonyl (C=O) groups excluding carboxylic acids is 1. The van der Waals surface area contributed by atoms with Crippen LogP contribution in [0.5, 0.6) is 23.0 Å². The summed E-state index contributed by atoms with van der Waals surface area (Å²) in [4.78, 5) is 18.4. The van der Waals surface area contributed by atoms with E-state index >= 15 is 0 Å². The summed E-state index contributed by atoms with van der Waals surface area (Å²) in [6.07, 6.45) is -1.45. The van der Waals surface area contributed by atoms with Crippen molar-refractivity contribution in [3.05, 3.63) is 432 Å². The Labute approximate surface area is 811 Å². The smallest absolute Gasteiger partial charge is 0.437 e. The number of nitrogens with zero attached hydrogens (tertiary/aromatic N) is 2. The Bertz CT molecular complexity index is 5230. The van der Waals surface area contributed by atoms with Gasteiger partial charge >= 0.3 is 132 Å². The maximum Gasteiger partial charge on any atom is 0.437 e. The number of hydrogen-bond acceptors (Lipinski definition) is 8. The van der Waals surface area contributed by atoms with E-state index in [0.29, 0.717) is 16.9 Å². The zero-order chi connectivity index (χ0) is 94.1. The van der Waals surface area contributed by atoms with Crippen LogP contribution in [0, 0.1) is 0 Å². The van der Waals surface area contributed by atoms with E-state index < -0.39 is 96.6 Å². The van der Waals surface area contributed by atoms with Crippen LogP contribution in [0.25, 0.3) is 21.8 Å². The quantitative estimate of drug-likeness (QED) is 0.0172. The van der Waals surface area contributed by atoms with Crippen molar-refractivity contribution in [2.24, 2.45) is 0 Å². The van der Waals surface area contributed by atoms with E-state index in [9.17, 15) is 41.4 Å². The molecule has 21 heteroatoms. The van der Waals surface area contributed by atoms with Crippen molar-refractivity contribution in [1.29, 1.82) is 0 Å². The summed E-state index contributed by atoms with van der Waals surface area (Å²) in [7, 11) is 1.03. The number of hydrogen-bond donors (Lipinski definition) is 2. The molecule has 0 aliphatic rings. The van der Waals surface area contributed by atoms with Crippen LogP contribution in [0.1, 0.15) is 94.9 Å². The molecule has 0 aliphatic heterocycles. The minimum absolute atomic E-state index is 0. The Balaban J connectivity index is 0.000000174. The molecule has 16 rings (SSSR count). The first-order valence-electron chi connectivity index (χ1n) is 43.9. The molecule has 688 valence electrons. The number of aromatic hydroxyl groups is 2. The third-order valence-corrected chi connectivity index (χ3v) is 46.9. The Morgan fingerprint density at radius 3 is 0.759 bits per heavy atom. The molecule has 0 atom stereocenters.